The Kier molecular flexibility index (Phi) is 9.06. The molecule has 0 heterocycles. The fraction of sp³-hybridized carbons (Fsp3) is 0.500. The lowest BCUT2D eigenvalue weighted by Crippen LogP contribution is -2.48. The van der Waals surface area contributed by atoms with Gasteiger partial charge in [-0.3, -0.25) is 9.59 Å². The molecule has 0 fully saturated rings. The molecule has 0 saturated heterocycles. The molecule has 1 atom stereocenters. The van der Waals surface area contributed by atoms with Crippen molar-refractivity contribution in [3.63, 3.8) is 0 Å². The zero-order valence-electron chi connectivity index (χ0n) is 13.8. The smallest absolute Gasteiger partial charge is 0.253 e. The van der Waals surface area contributed by atoms with Crippen LogP contribution in [0.25, 0.3) is 0 Å². The van der Waals surface area contributed by atoms with Crippen molar-refractivity contribution in [1.29, 1.82) is 0 Å². The molecule has 1 aromatic rings. The number of thioether (sulfide) groups is 1. The molecule has 1 aromatic carbocycles. The van der Waals surface area contributed by atoms with Gasteiger partial charge < -0.3 is 15.5 Å². The Labute approximate surface area is 147 Å². The molecule has 2 N–H and O–H groups in total. The van der Waals surface area contributed by atoms with Gasteiger partial charge in [-0.25, -0.2) is 0 Å². The second-order valence-electron chi connectivity index (χ2n) is 5.15. The first-order valence-electron chi connectivity index (χ1n) is 7.45. The summed E-state index contributed by atoms with van der Waals surface area (Å²) >= 11 is 7.69. The topological polar surface area (TPSA) is 61.4 Å². The Morgan fingerprint density at radius 2 is 2.04 bits per heavy atom. The Hall–Kier alpha value is -1.24. The molecule has 7 heteroatoms. The van der Waals surface area contributed by atoms with Crippen molar-refractivity contribution in [2.75, 3.05) is 39.2 Å². The summed E-state index contributed by atoms with van der Waals surface area (Å²) in [4.78, 5) is 26.6. The Bertz CT molecular complexity index is 528. The van der Waals surface area contributed by atoms with Gasteiger partial charge in [-0.15, -0.1) is 0 Å². The van der Waals surface area contributed by atoms with Crippen molar-refractivity contribution in [3.8, 4) is 0 Å². The number of hydrogen-bond acceptors (Lipinski definition) is 4. The van der Waals surface area contributed by atoms with Crippen molar-refractivity contribution in [2.24, 2.45) is 0 Å². The van der Waals surface area contributed by atoms with E-state index in [9.17, 15) is 9.59 Å². The predicted molar refractivity (Wildman–Crippen MR) is 97.3 cm³/mol. The number of nitrogens with one attached hydrogen (secondary N) is 2. The first-order valence-corrected chi connectivity index (χ1v) is 9.22. The zero-order chi connectivity index (χ0) is 17.2. The lowest BCUT2D eigenvalue weighted by atomic mass is 10.1. The van der Waals surface area contributed by atoms with Crippen molar-refractivity contribution in [3.05, 3.63) is 34.9 Å². The molecular formula is C16H24ClN3O2S. The van der Waals surface area contributed by atoms with Crippen LogP contribution in [0, 0.1) is 0 Å². The van der Waals surface area contributed by atoms with Gasteiger partial charge in [0, 0.05) is 20.1 Å². The van der Waals surface area contributed by atoms with E-state index in [1.165, 1.54) is 0 Å². The molecule has 1 rings (SSSR count). The van der Waals surface area contributed by atoms with Crippen LogP contribution in [0.2, 0.25) is 5.02 Å². The van der Waals surface area contributed by atoms with Crippen LogP contribution in [0.4, 0.5) is 0 Å². The zero-order valence-corrected chi connectivity index (χ0v) is 15.3. The highest BCUT2D eigenvalue weighted by Gasteiger charge is 2.24. The Morgan fingerprint density at radius 1 is 1.35 bits per heavy atom. The molecule has 23 heavy (non-hydrogen) atoms. The summed E-state index contributed by atoms with van der Waals surface area (Å²) in [5.41, 5.74) is 0.383. The first-order chi connectivity index (χ1) is 11.0. The maximum absolute atomic E-state index is 12.5. The highest BCUT2D eigenvalue weighted by atomic mass is 35.5. The molecule has 5 nitrogen and oxygen atoms in total. The summed E-state index contributed by atoms with van der Waals surface area (Å²) in [6.45, 7) is 1.29. The van der Waals surface area contributed by atoms with Crippen LogP contribution in [0.5, 0.6) is 0 Å². The first kappa shape index (κ1) is 19.8. The minimum absolute atomic E-state index is 0.0882. The highest BCUT2D eigenvalue weighted by Crippen LogP contribution is 2.15. The molecule has 0 bridgehead atoms. The van der Waals surface area contributed by atoms with Crippen molar-refractivity contribution in [2.45, 2.75) is 12.5 Å². The van der Waals surface area contributed by atoms with Crippen LogP contribution in [-0.2, 0) is 4.79 Å². The molecule has 0 spiro atoms. The van der Waals surface area contributed by atoms with Gasteiger partial charge in [-0.2, -0.15) is 11.8 Å². The summed E-state index contributed by atoms with van der Waals surface area (Å²) in [7, 11) is 3.58. The van der Waals surface area contributed by atoms with Crippen molar-refractivity contribution >= 4 is 35.2 Å². The van der Waals surface area contributed by atoms with Gasteiger partial charge in [0.05, 0.1) is 10.6 Å². The molecule has 0 aromatic heterocycles. The standard InChI is InChI=1S/C16H24ClN3O2S/c1-18-9-10-20(2)16(22)14(8-11-23-3)19-15(21)12-6-4-5-7-13(12)17/h4-7,14,18H,8-11H2,1-3H3,(H,19,21). The molecule has 128 valence electrons. The summed E-state index contributed by atoms with van der Waals surface area (Å²) in [6, 6.07) is 6.28. The monoisotopic (exact) mass is 357 g/mol. The van der Waals surface area contributed by atoms with Crippen LogP contribution in [-0.4, -0.2) is 61.9 Å². The Balaban J connectivity index is 2.79. The summed E-state index contributed by atoms with van der Waals surface area (Å²) in [6.07, 6.45) is 2.56. The van der Waals surface area contributed by atoms with Gasteiger partial charge >= 0.3 is 0 Å². The van der Waals surface area contributed by atoms with Crippen LogP contribution >= 0.6 is 23.4 Å². The van der Waals surface area contributed by atoms with E-state index in [1.807, 2.05) is 13.3 Å². The van der Waals surface area contributed by atoms with Crippen LogP contribution in [0.1, 0.15) is 16.8 Å². The number of rotatable bonds is 9. The fourth-order valence-electron chi connectivity index (χ4n) is 2.03. The molecule has 0 aliphatic heterocycles. The number of nitrogens with zero attached hydrogens (tertiary/aromatic N) is 1. The third-order valence-electron chi connectivity index (χ3n) is 3.41. The number of carbonyl (C=O) groups is 2. The molecule has 1 unspecified atom stereocenters. The fourth-order valence-corrected chi connectivity index (χ4v) is 2.72. The third kappa shape index (κ3) is 6.41. The maximum Gasteiger partial charge on any atom is 0.253 e. The largest absolute Gasteiger partial charge is 0.343 e. The van der Waals surface area contributed by atoms with Gasteiger partial charge in [0.15, 0.2) is 0 Å². The van der Waals surface area contributed by atoms with E-state index >= 15 is 0 Å². The van der Waals surface area contributed by atoms with Gasteiger partial charge in [0.1, 0.15) is 6.04 Å². The average molecular weight is 358 g/mol. The van der Waals surface area contributed by atoms with Crippen LogP contribution in [0.15, 0.2) is 24.3 Å². The number of amides is 2. The van der Waals surface area contributed by atoms with Crippen LogP contribution < -0.4 is 10.6 Å². The van der Waals surface area contributed by atoms with E-state index in [1.54, 1.807) is 48.0 Å². The summed E-state index contributed by atoms with van der Waals surface area (Å²) in [5.74, 6) is 0.380. The number of halogens is 1. The molecule has 0 aliphatic rings. The van der Waals surface area contributed by atoms with Gasteiger partial charge in [0.2, 0.25) is 5.91 Å². The van der Waals surface area contributed by atoms with Crippen molar-refractivity contribution < 1.29 is 9.59 Å². The van der Waals surface area contributed by atoms with E-state index in [0.717, 1.165) is 5.75 Å². The molecule has 0 aliphatic carbocycles. The quantitative estimate of drug-likeness (QED) is 0.708. The summed E-state index contributed by atoms with van der Waals surface area (Å²) < 4.78 is 0. The normalized spacial score (nSPS) is 11.8. The molecule has 2 amide bonds. The van der Waals surface area contributed by atoms with Gasteiger partial charge in [-0.1, -0.05) is 23.7 Å². The predicted octanol–water partition coefficient (Wildman–Crippen LogP) is 1.87. The van der Waals surface area contributed by atoms with Crippen molar-refractivity contribution in [1.82, 2.24) is 15.5 Å². The second kappa shape index (κ2) is 10.5. The average Bonchev–Trinajstić information content (AvgIpc) is 2.55. The van der Waals surface area contributed by atoms with Gasteiger partial charge in [0.25, 0.3) is 5.91 Å². The van der Waals surface area contributed by atoms with Gasteiger partial charge in [-0.05, 0) is 37.6 Å². The SMILES string of the molecule is CNCCN(C)C(=O)C(CCSC)NC(=O)c1ccccc1Cl. The minimum atomic E-state index is -0.548. The van der Waals surface area contributed by atoms with E-state index in [-0.39, 0.29) is 11.8 Å². The van der Waals surface area contributed by atoms with E-state index in [0.29, 0.717) is 30.1 Å². The van der Waals surface area contributed by atoms with E-state index in [4.69, 9.17) is 11.6 Å². The highest BCUT2D eigenvalue weighted by molar-refractivity contribution is 7.98. The number of hydrogen-bond donors (Lipinski definition) is 2. The van der Waals surface area contributed by atoms with E-state index in [2.05, 4.69) is 10.6 Å². The third-order valence-corrected chi connectivity index (χ3v) is 4.38. The lowest BCUT2D eigenvalue weighted by molar-refractivity contribution is -0.131. The second-order valence-corrected chi connectivity index (χ2v) is 6.54. The number of carbonyl (C=O) groups excluding carboxylic acids is 2. The number of likely N-dealkylation sites (N-methyl/N-ethyl adjacent to an activating group) is 2. The molecular weight excluding hydrogens is 334 g/mol. The number of benzene rings is 1. The Morgan fingerprint density at radius 3 is 2.65 bits per heavy atom. The van der Waals surface area contributed by atoms with E-state index < -0.39 is 6.04 Å². The summed E-state index contributed by atoms with van der Waals surface area (Å²) in [5, 5.41) is 6.20. The minimum Gasteiger partial charge on any atom is -0.343 e. The molecule has 0 saturated carbocycles. The molecule has 0 radical (unpaired) electrons. The van der Waals surface area contributed by atoms with Crippen LogP contribution in [0.3, 0.4) is 0 Å². The lowest BCUT2D eigenvalue weighted by Gasteiger charge is -2.24. The maximum atomic E-state index is 12.5.